The van der Waals surface area contributed by atoms with Crippen molar-refractivity contribution >= 4 is 26.8 Å². The zero-order valence-corrected chi connectivity index (χ0v) is 12.0. The van der Waals surface area contributed by atoms with Gasteiger partial charge in [-0.1, -0.05) is 29.8 Å². The molecule has 2 rings (SSSR count). The average Bonchev–Trinajstić information content (AvgIpc) is 2.26. The van der Waals surface area contributed by atoms with Crippen LogP contribution in [0.1, 0.15) is 25.1 Å². The van der Waals surface area contributed by atoms with Gasteiger partial charge in [0.1, 0.15) is 0 Å². The number of nitrogens with one attached hydrogen (secondary N) is 1. The standard InChI is InChI=1S/C14H17BrN2/c1-9(2)16-8-11-6-10(3)17-14-5-4-12(15)7-13(11)14/h4-7,9,16H,8H2,1-3H3. The summed E-state index contributed by atoms with van der Waals surface area (Å²) in [5.74, 6) is 0. The zero-order valence-electron chi connectivity index (χ0n) is 10.4. The third-order valence-electron chi connectivity index (χ3n) is 2.69. The second-order valence-electron chi connectivity index (χ2n) is 4.62. The molecule has 0 bridgehead atoms. The van der Waals surface area contributed by atoms with Crippen molar-refractivity contribution in [2.45, 2.75) is 33.4 Å². The van der Waals surface area contributed by atoms with Gasteiger partial charge in [0.15, 0.2) is 0 Å². The number of nitrogens with zero attached hydrogens (tertiary/aromatic N) is 1. The minimum Gasteiger partial charge on any atom is -0.310 e. The fraction of sp³-hybridized carbons (Fsp3) is 0.357. The zero-order chi connectivity index (χ0) is 12.4. The topological polar surface area (TPSA) is 24.9 Å². The molecule has 0 amide bonds. The van der Waals surface area contributed by atoms with Crippen LogP contribution in [0.15, 0.2) is 28.7 Å². The van der Waals surface area contributed by atoms with E-state index in [4.69, 9.17) is 0 Å². The number of rotatable bonds is 3. The SMILES string of the molecule is Cc1cc(CNC(C)C)c2cc(Br)ccc2n1. The molecule has 1 aromatic heterocycles. The van der Waals surface area contributed by atoms with E-state index in [1.165, 1.54) is 10.9 Å². The molecule has 1 N–H and O–H groups in total. The van der Waals surface area contributed by atoms with Crippen LogP contribution in [0, 0.1) is 6.92 Å². The van der Waals surface area contributed by atoms with Crippen LogP contribution < -0.4 is 5.32 Å². The largest absolute Gasteiger partial charge is 0.310 e. The van der Waals surface area contributed by atoms with Gasteiger partial charge in [-0.15, -0.1) is 0 Å². The van der Waals surface area contributed by atoms with Crippen LogP contribution in [0.3, 0.4) is 0 Å². The Kier molecular flexibility index (Phi) is 3.79. The first-order valence-corrected chi connectivity index (χ1v) is 6.65. The Balaban J connectivity index is 2.48. The number of hydrogen-bond donors (Lipinski definition) is 1. The van der Waals surface area contributed by atoms with Crippen LogP contribution >= 0.6 is 15.9 Å². The van der Waals surface area contributed by atoms with Crippen LogP contribution in [0.25, 0.3) is 10.9 Å². The highest BCUT2D eigenvalue weighted by molar-refractivity contribution is 9.10. The van der Waals surface area contributed by atoms with E-state index in [1.807, 2.05) is 13.0 Å². The number of aryl methyl sites for hydroxylation is 1. The molecule has 90 valence electrons. The van der Waals surface area contributed by atoms with E-state index in [0.717, 1.165) is 22.2 Å². The minimum atomic E-state index is 0.491. The lowest BCUT2D eigenvalue weighted by atomic mass is 10.1. The molecule has 0 spiro atoms. The smallest absolute Gasteiger partial charge is 0.0709 e. The molecule has 0 saturated heterocycles. The maximum Gasteiger partial charge on any atom is 0.0709 e. The van der Waals surface area contributed by atoms with Crippen molar-refractivity contribution in [2.24, 2.45) is 0 Å². The molecular weight excluding hydrogens is 276 g/mol. The monoisotopic (exact) mass is 292 g/mol. The molecule has 1 heterocycles. The fourth-order valence-electron chi connectivity index (χ4n) is 1.88. The summed E-state index contributed by atoms with van der Waals surface area (Å²) in [6.45, 7) is 7.24. The molecule has 2 aromatic rings. The Labute approximate surface area is 111 Å². The number of hydrogen-bond acceptors (Lipinski definition) is 2. The van der Waals surface area contributed by atoms with E-state index in [2.05, 4.69) is 58.3 Å². The third kappa shape index (κ3) is 3.05. The molecule has 0 atom stereocenters. The Morgan fingerprint density at radius 1 is 1.29 bits per heavy atom. The van der Waals surface area contributed by atoms with E-state index in [-0.39, 0.29) is 0 Å². The lowest BCUT2D eigenvalue weighted by molar-refractivity contribution is 0.590. The van der Waals surface area contributed by atoms with E-state index in [1.54, 1.807) is 0 Å². The molecule has 0 radical (unpaired) electrons. The summed E-state index contributed by atoms with van der Waals surface area (Å²) in [5, 5.41) is 4.68. The van der Waals surface area contributed by atoms with Crippen molar-refractivity contribution in [1.29, 1.82) is 0 Å². The fourth-order valence-corrected chi connectivity index (χ4v) is 2.24. The highest BCUT2D eigenvalue weighted by Crippen LogP contribution is 2.22. The molecule has 0 fully saturated rings. The molecule has 0 aliphatic heterocycles. The lowest BCUT2D eigenvalue weighted by Gasteiger charge is -2.11. The Hall–Kier alpha value is -0.930. The maximum absolute atomic E-state index is 4.56. The average molecular weight is 293 g/mol. The first kappa shape index (κ1) is 12.5. The summed E-state index contributed by atoms with van der Waals surface area (Å²) in [6, 6.07) is 8.88. The second-order valence-corrected chi connectivity index (χ2v) is 5.54. The molecule has 17 heavy (non-hydrogen) atoms. The highest BCUT2D eigenvalue weighted by Gasteiger charge is 2.05. The summed E-state index contributed by atoms with van der Waals surface area (Å²) < 4.78 is 1.10. The van der Waals surface area contributed by atoms with Gasteiger partial charge in [-0.3, -0.25) is 4.98 Å². The first-order chi connectivity index (χ1) is 8.06. The van der Waals surface area contributed by atoms with Crippen LogP contribution in [0.4, 0.5) is 0 Å². The van der Waals surface area contributed by atoms with Gasteiger partial charge >= 0.3 is 0 Å². The van der Waals surface area contributed by atoms with Gasteiger partial charge in [0.05, 0.1) is 5.52 Å². The quantitative estimate of drug-likeness (QED) is 0.931. The summed E-state index contributed by atoms with van der Waals surface area (Å²) in [5.41, 5.74) is 3.44. The predicted molar refractivity (Wildman–Crippen MR) is 76.2 cm³/mol. The Morgan fingerprint density at radius 3 is 2.76 bits per heavy atom. The van der Waals surface area contributed by atoms with Crippen LogP contribution in [0.5, 0.6) is 0 Å². The minimum absolute atomic E-state index is 0.491. The molecule has 3 heteroatoms. The van der Waals surface area contributed by atoms with E-state index >= 15 is 0 Å². The van der Waals surface area contributed by atoms with Crippen molar-refractivity contribution in [2.75, 3.05) is 0 Å². The predicted octanol–water partition coefficient (Wildman–Crippen LogP) is 3.80. The molecular formula is C14H17BrN2. The van der Waals surface area contributed by atoms with Crippen molar-refractivity contribution in [3.05, 3.63) is 40.0 Å². The Bertz CT molecular complexity index is 535. The molecule has 0 aliphatic rings. The summed E-state index contributed by atoms with van der Waals surface area (Å²) in [6.07, 6.45) is 0. The highest BCUT2D eigenvalue weighted by atomic mass is 79.9. The van der Waals surface area contributed by atoms with Crippen LogP contribution in [-0.4, -0.2) is 11.0 Å². The number of halogens is 1. The Morgan fingerprint density at radius 2 is 2.06 bits per heavy atom. The van der Waals surface area contributed by atoms with Gasteiger partial charge in [0, 0.05) is 28.1 Å². The van der Waals surface area contributed by atoms with Gasteiger partial charge < -0.3 is 5.32 Å². The number of pyridine rings is 1. The third-order valence-corrected chi connectivity index (χ3v) is 3.18. The van der Waals surface area contributed by atoms with Crippen molar-refractivity contribution in [1.82, 2.24) is 10.3 Å². The first-order valence-electron chi connectivity index (χ1n) is 5.85. The van der Waals surface area contributed by atoms with Gasteiger partial charge in [-0.05, 0) is 36.8 Å². The van der Waals surface area contributed by atoms with Gasteiger partial charge in [0.2, 0.25) is 0 Å². The number of aromatic nitrogens is 1. The molecule has 0 saturated carbocycles. The summed E-state index contributed by atoms with van der Waals surface area (Å²) in [4.78, 5) is 4.56. The second kappa shape index (κ2) is 5.15. The molecule has 1 aromatic carbocycles. The number of fused-ring (bicyclic) bond motifs is 1. The van der Waals surface area contributed by atoms with E-state index in [9.17, 15) is 0 Å². The molecule has 0 aliphatic carbocycles. The lowest BCUT2D eigenvalue weighted by Crippen LogP contribution is -2.22. The van der Waals surface area contributed by atoms with Gasteiger partial charge in [0.25, 0.3) is 0 Å². The summed E-state index contributed by atoms with van der Waals surface area (Å²) in [7, 11) is 0. The van der Waals surface area contributed by atoms with E-state index in [0.29, 0.717) is 6.04 Å². The van der Waals surface area contributed by atoms with Gasteiger partial charge in [-0.2, -0.15) is 0 Å². The van der Waals surface area contributed by atoms with Gasteiger partial charge in [-0.25, -0.2) is 0 Å². The maximum atomic E-state index is 4.56. The van der Waals surface area contributed by atoms with Crippen molar-refractivity contribution in [3.8, 4) is 0 Å². The van der Waals surface area contributed by atoms with Crippen LogP contribution in [0.2, 0.25) is 0 Å². The normalized spacial score (nSPS) is 11.4. The van der Waals surface area contributed by atoms with Crippen molar-refractivity contribution < 1.29 is 0 Å². The van der Waals surface area contributed by atoms with Crippen LogP contribution in [-0.2, 0) is 6.54 Å². The molecule has 0 unspecified atom stereocenters. The summed E-state index contributed by atoms with van der Waals surface area (Å²) >= 11 is 3.52. The van der Waals surface area contributed by atoms with Crippen molar-refractivity contribution in [3.63, 3.8) is 0 Å². The van der Waals surface area contributed by atoms with E-state index < -0.39 is 0 Å². The number of benzene rings is 1. The molecule has 2 nitrogen and oxygen atoms in total.